The molecule has 200 valence electrons. The smallest absolute Gasteiger partial charge is 0.305 e. The number of carbonyl (C=O) groups is 1. The Morgan fingerprint density at radius 1 is 1.06 bits per heavy atom. The second-order valence-electron chi connectivity index (χ2n) is 13.9. The summed E-state index contributed by atoms with van der Waals surface area (Å²) in [5.41, 5.74) is -0.0365. The van der Waals surface area contributed by atoms with Crippen molar-refractivity contribution in [2.75, 3.05) is 7.11 Å². The molecule has 2 N–H and O–H groups in total. The molecule has 4 nitrogen and oxygen atoms in total. The van der Waals surface area contributed by atoms with Gasteiger partial charge in [0.2, 0.25) is 0 Å². The number of ether oxygens (including phenoxy) is 1. The highest BCUT2D eigenvalue weighted by Crippen LogP contribution is 2.74. The third kappa shape index (κ3) is 5.04. The number of hydrogen-bond donors (Lipinski definition) is 2. The van der Waals surface area contributed by atoms with Crippen molar-refractivity contribution in [3.05, 3.63) is 24.3 Å². The van der Waals surface area contributed by atoms with Crippen molar-refractivity contribution in [2.24, 2.45) is 39.9 Å². The third-order valence-electron chi connectivity index (χ3n) is 11.2. The second kappa shape index (κ2) is 9.63. The first-order chi connectivity index (χ1) is 16.0. The largest absolute Gasteiger partial charge is 0.469 e. The Morgan fingerprint density at radius 2 is 1.69 bits per heavy atom. The summed E-state index contributed by atoms with van der Waals surface area (Å²) in [5, 5.41) is 21.7. The third-order valence-corrected chi connectivity index (χ3v) is 11.2. The molecule has 4 heteroatoms. The molecule has 0 aromatic heterocycles. The number of methoxy groups -OCH3 is 1. The van der Waals surface area contributed by atoms with Crippen molar-refractivity contribution in [1.29, 1.82) is 0 Å². The quantitative estimate of drug-likeness (QED) is 0.290. The van der Waals surface area contributed by atoms with E-state index in [0.29, 0.717) is 30.6 Å². The Bertz CT molecular complexity index is 835. The van der Waals surface area contributed by atoms with Crippen LogP contribution in [0.2, 0.25) is 0 Å². The zero-order chi connectivity index (χ0) is 26.4. The van der Waals surface area contributed by atoms with Crippen LogP contribution in [0.4, 0.5) is 0 Å². The fraction of sp³-hybridized carbons (Fsp3) is 0.839. The fourth-order valence-electron chi connectivity index (χ4n) is 9.22. The van der Waals surface area contributed by atoms with Crippen LogP contribution < -0.4 is 0 Å². The number of hydrogen-bond acceptors (Lipinski definition) is 4. The van der Waals surface area contributed by atoms with E-state index < -0.39 is 11.2 Å². The van der Waals surface area contributed by atoms with Crippen molar-refractivity contribution in [2.45, 2.75) is 117 Å². The Balaban J connectivity index is 1.91. The number of esters is 1. The minimum Gasteiger partial charge on any atom is -0.469 e. The predicted octanol–water partition coefficient (Wildman–Crippen LogP) is 6.85. The monoisotopic (exact) mass is 488 g/mol. The summed E-state index contributed by atoms with van der Waals surface area (Å²) in [6, 6.07) is 0. The summed E-state index contributed by atoms with van der Waals surface area (Å²) in [6.45, 7) is 19.6. The average Bonchev–Trinajstić information content (AvgIpc) is 3.10. The van der Waals surface area contributed by atoms with Crippen LogP contribution in [-0.2, 0) is 9.53 Å². The summed E-state index contributed by atoms with van der Waals surface area (Å²) < 4.78 is 5.03. The molecule has 0 amide bonds. The summed E-state index contributed by atoms with van der Waals surface area (Å²) >= 11 is 0. The van der Waals surface area contributed by atoms with Crippen LogP contribution in [0.1, 0.15) is 106 Å². The number of allylic oxidation sites excluding steroid dienone is 1. The molecule has 3 fully saturated rings. The van der Waals surface area contributed by atoms with Crippen molar-refractivity contribution < 1.29 is 19.7 Å². The van der Waals surface area contributed by atoms with E-state index in [-0.39, 0.29) is 28.1 Å². The number of carbonyl (C=O) groups excluding carboxylic acids is 1. The van der Waals surface area contributed by atoms with Gasteiger partial charge < -0.3 is 14.9 Å². The van der Waals surface area contributed by atoms with Crippen LogP contribution in [0.25, 0.3) is 0 Å². The standard InChI is InChI=1S/C31H52O4/c1-21(2)22-13-20-30(7)25(28(22,5)18-15-26(32)35-9)12-11-23-24(14-19-29(23,30)6)31(8,34)17-10-16-27(3,4)33/h10,16,22-25,33-34H,1,11-15,17-20H2,2-9H3/b16-10+/t22-,23+,24-,25+,28-,29+,30+,31-/m0/s1. The van der Waals surface area contributed by atoms with Gasteiger partial charge in [-0.25, -0.2) is 0 Å². The second-order valence-corrected chi connectivity index (χ2v) is 13.9. The molecule has 3 rings (SSSR count). The van der Waals surface area contributed by atoms with Crippen molar-refractivity contribution >= 4 is 5.97 Å². The first kappa shape index (κ1) is 28.4. The summed E-state index contributed by atoms with van der Waals surface area (Å²) in [7, 11) is 1.49. The highest BCUT2D eigenvalue weighted by Gasteiger charge is 2.67. The molecule has 0 aromatic carbocycles. The molecule has 0 spiro atoms. The molecular weight excluding hydrogens is 436 g/mol. The molecule has 8 atom stereocenters. The Labute approximate surface area is 214 Å². The van der Waals surface area contributed by atoms with Gasteiger partial charge in [0, 0.05) is 6.42 Å². The molecule has 3 aliphatic rings. The number of rotatable bonds is 8. The maximum Gasteiger partial charge on any atom is 0.305 e. The lowest BCUT2D eigenvalue weighted by Gasteiger charge is -2.66. The van der Waals surface area contributed by atoms with E-state index in [1.54, 1.807) is 19.9 Å². The minimum atomic E-state index is -0.859. The number of fused-ring (bicyclic) bond motifs is 3. The Hall–Kier alpha value is -1.13. The molecule has 0 bridgehead atoms. The molecule has 0 aliphatic heterocycles. The lowest BCUT2D eigenvalue weighted by atomic mass is 9.38. The van der Waals surface area contributed by atoms with Crippen LogP contribution in [0.3, 0.4) is 0 Å². The zero-order valence-electron chi connectivity index (χ0n) is 23.7. The van der Waals surface area contributed by atoms with Gasteiger partial charge in [0.05, 0.1) is 18.3 Å². The van der Waals surface area contributed by atoms with Crippen molar-refractivity contribution in [3.8, 4) is 0 Å². The van der Waals surface area contributed by atoms with Gasteiger partial charge in [-0.2, -0.15) is 0 Å². The first-order valence-corrected chi connectivity index (χ1v) is 13.9. The van der Waals surface area contributed by atoms with Gasteiger partial charge in [-0.3, -0.25) is 4.79 Å². The lowest BCUT2D eigenvalue weighted by molar-refractivity contribution is -0.178. The molecule has 3 saturated carbocycles. The molecular formula is C31H52O4. The molecule has 0 aromatic rings. The van der Waals surface area contributed by atoms with E-state index in [4.69, 9.17) is 4.74 Å². The maximum absolute atomic E-state index is 12.2. The normalized spacial score (nSPS) is 41.2. The topological polar surface area (TPSA) is 66.8 Å². The fourth-order valence-corrected chi connectivity index (χ4v) is 9.22. The van der Waals surface area contributed by atoms with E-state index in [1.807, 2.05) is 13.0 Å². The van der Waals surface area contributed by atoms with Gasteiger partial charge in [-0.05, 0) is 119 Å². The molecule has 0 radical (unpaired) electrons. The minimum absolute atomic E-state index is 0.0249. The predicted molar refractivity (Wildman–Crippen MR) is 143 cm³/mol. The molecule has 3 aliphatic carbocycles. The van der Waals surface area contributed by atoms with Crippen LogP contribution in [-0.4, -0.2) is 34.5 Å². The highest BCUT2D eigenvalue weighted by atomic mass is 16.5. The molecule has 0 unspecified atom stereocenters. The van der Waals surface area contributed by atoms with E-state index in [9.17, 15) is 15.0 Å². The molecule has 35 heavy (non-hydrogen) atoms. The van der Waals surface area contributed by atoms with Crippen molar-refractivity contribution in [3.63, 3.8) is 0 Å². The number of aliphatic hydroxyl groups is 2. The van der Waals surface area contributed by atoms with Crippen LogP contribution in [0.5, 0.6) is 0 Å². The lowest BCUT2D eigenvalue weighted by Crippen LogP contribution is -2.60. The SMILES string of the molecule is C=C(C)[C@@H]1CC[C@]2(C)[C@H](CC[C@@H]3[C@@H]([C@@](C)(O)C/C=C/C(C)(C)O)CC[C@]32C)[C@@]1(C)CCC(=O)OC. The van der Waals surface area contributed by atoms with Crippen LogP contribution in [0.15, 0.2) is 24.3 Å². The van der Waals surface area contributed by atoms with Crippen molar-refractivity contribution in [1.82, 2.24) is 0 Å². The maximum atomic E-state index is 12.2. The van der Waals surface area contributed by atoms with Gasteiger partial charge in [-0.1, -0.05) is 45.1 Å². The zero-order valence-corrected chi connectivity index (χ0v) is 23.7. The van der Waals surface area contributed by atoms with Gasteiger partial charge in [0.25, 0.3) is 0 Å². The summed E-state index contributed by atoms with van der Waals surface area (Å²) in [6.07, 6.45) is 12.4. The molecule has 0 heterocycles. The van der Waals surface area contributed by atoms with Crippen LogP contribution >= 0.6 is 0 Å². The van der Waals surface area contributed by atoms with Gasteiger partial charge in [0.15, 0.2) is 0 Å². The van der Waals surface area contributed by atoms with E-state index >= 15 is 0 Å². The molecule has 0 saturated heterocycles. The summed E-state index contributed by atoms with van der Waals surface area (Å²) in [4.78, 5) is 12.2. The van der Waals surface area contributed by atoms with Gasteiger partial charge >= 0.3 is 5.97 Å². The van der Waals surface area contributed by atoms with Gasteiger partial charge in [-0.15, -0.1) is 0 Å². The highest BCUT2D eigenvalue weighted by molar-refractivity contribution is 5.69. The van der Waals surface area contributed by atoms with E-state index in [2.05, 4.69) is 34.3 Å². The Morgan fingerprint density at radius 3 is 2.26 bits per heavy atom. The summed E-state index contributed by atoms with van der Waals surface area (Å²) in [5.74, 6) is 1.58. The van der Waals surface area contributed by atoms with E-state index in [0.717, 1.165) is 38.5 Å². The average molecular weight is 489 g/mol. The first-order valence-electron chi connectivity index (χ1n) is 13.9. The van der Waals surface area contributed by atoms with E-state index in [1.165, 1.54) is 19.1 Å². The van der Waals surface area contributed by atoms with Crippen LogP contribution in [0, 0.1) is 39.9 Å². The Kier molecular flexibility index (Phi) is 7.83. The van der Waals surface area contributed by atoms with Gasteiger partial charge in [0.1, 0.15) is 0 Å².